The summed E-state index contributed by atoms with van der Waals surface area (Å²) < 4.78 is 8.13. The minimum atomic E-state index is -0.397. The van der Waals surface area contributed by atoms with E-state index in [9.17, 15) is 4.79 Å². The molecule has 0 radical (unpaired) electrons. The van der Waals surface area contributed by atoms with E-state index >= 15 is 0 Å². The predicted octanol–water partition coefficient (Wildman–Crippen LogP) is 5.47. The largest absolute Gasteiger partial charge is 0.377 e. The van der Waals surface area contributed by atoms with Gasteiger partial charge in [-0.3, -0.25) is 9.69 Å². The zero-order chi connectivity index (χ0) is 26.1. The fourth-order valence-corrected chi connectivity index (χ4v) is 6.90. The van der Waals surface area contributed by atoms with Gasteiger partial charge >= 0.3 is 0 Å². The van der Waals surface area contributed by atoms with Gasteiger partial charge in [0.2, 0.25) is 0 Å². The van der Waals surface area contributed by atoms with Gasteiger partial charge in [-0.1, -0.05) is 37.5 Å². The average Bonchev–Trinajstić information content (AvgIpc) is 3.72. The molecule has 0 bridgehead atoms. The Morgan fingerprint density at radius 2 is 1.97 bits per heavy atom. The summed E-state index contributed by atoms with van der Waals surface area (Å²) >= 11 is 1.74. The zero-order valence-corrected chi connectivity index (χ0v) is 23.0. The maximum Gasteiger partial charge on any atom is 0.253 e. The molecule has 1 aliphatic heterocycles. The first-order valence-corrected chi connectivity index (χ1v) is 14.8. The number of nitrogens with one attached hydrogen (secondary N) is 1. The zero-order valence-electron chi connectivity index (χ0n) is 22.2. The molecule has 0 unspecified atom stereocenters. The Morgan fingerprint density at radius 1 is 1.13 bits per heavy atom. The van der Waals surface area contributed by atoms with Crippen molar-refractivity contribution in [3.05, 3.63) is 73.5 Å². The highest BCUT2D eigenvalue weighted by atomic mass is 32.1. The molecule has 8 nitrogen and oxygen atoms in total. The van der Waals surface area contributed by atoms with Crippen molar-refractivity contribution in [2.24, 2.45) is 0 Å². The average molecular weight is 533 g/mol. The second-order valence-corrected chi connectivity index (χ2v) is 11.9. The molecular weight excluding hydrogens is 496 g/mol. The van der Waals surface area contributed by atoms with Crippen LogP contribution in [0.25, 0.3) is 10.9 Å². The standard InChI is InChI=1S/C29H36N6O2S/c1-19-12-13-20(2)26-24(19)16-25(29(36)30-26)27(28-31-32-33-35(28)21-8-4-3-5-9-21)34(17-22-10-6-14-37-22)18-23-11-7-15-38-23/h7,11-13,15-16,21-22,27H,3-6,8-10,14,17-18H2,1-2H3,(H,30,36)/t22-,27+/m0/s1. The first-order chi connectivity index (χ1) is 18.6. The summed E-state index contributed by atoms with van der Waals surface area (Å²) in [7, 11) is 0. The van der Waals surface area contributed by atoms with E-state index in [1.807, 2.05) is 11.6 Å². The van der Waals surface area contributed by atoms with E-state index in [-0.39, 0.29) is 17.7 Å². The fourth-order valence-electron chi connectivity index (χ4n) is 6.17. The van der Waals surface area contributed by atoms with Crippen molar-refractivity contribution in [2.45, 2.75) is 83.5 Å². The first kappa shape index (κ1) is 25.4. The number of hydrogen-bond donors (Lipinski definition) is 1. The minimum absolute atomic E-state index is 0.0853. The molecule has 1 saturated heterocycles. The van der Waals surface area contributed by atoms with E-state index in [2.05, 4.69) is 68.0 Å². The maximum absolute atomic E-state index is 13.9. The molecule has 2 aliphatic rings. The molecule has 2 atom stereocenters. The van der Waals surface area contributed by atoms with Gasteiger partial charge in [-0.2, -0.15) is 0 Å². The summed E-state index contributed by atoms with van der Waals surface area (Å²) in [6, 6.07) is 10.4. The van der Waals surface area contributed by atoms with E-state index in [4.69, 9.17) is 4.74 Å². The summed E-state index contributed by atoms with van der Waals surface area (Å²) in [6.45, 7) is 6.34. The molecule has 1 aliphatic carbocycles. The van der Waals surface area contributed by atoms with Gasteiger partial charge in [-0.05, 0) is 78.6 Å². The van der Waals surface area contributed by atoms with E-state index in [1.54, 1.807) is 11.3 Å². The first-order valence-electron chi connectivity index (χ1n) is 13.9. The van der Waals surface area contributed by atoms with E-state index in [1.165, 1.54) is 24.1 Å². The van der Waals surface area contributed by atoms with Crippen LogP contribution in [0.5, 0.6) is 0 Å². The van der Waals surface area contributed by atoms with Crippen molar-refractivity contribution in [1.29, 1.82) is 0 Å². The van der Waals surface area contributed by atoms with E-state index in [0.717, 1.165) is 60.1 Å². The van der Waals surface area contributed by atoms with Crippen LogP contribution in [-0.2, 0) is 11.3 Å². The topological polar surface area (TPSA) is 88.9 Å². The SMILES string of the molecule is Cc1ccc(C)c2[nH]c(=O)c([C@H](c3nnnn3C3CCCCC3)N(Cc3cccs3)C[C@@H]3CCCO3)cc12. The number of pyridine rings is 1. The van der Waals surface area contributed by atoms with Gasteiger partial charge in [-0.25, -0.2) is 4.68 Å². The van der Waals surface area contributed by atoms with Crippen LogP contribution >= 0.6 is 11.3 Å². The number of aryl methyl sites for hydroxylation is 2. The molecule has 6 rings (SSSR count). The summed E-state index contributed by atoms with van der Waals surface area (Å²) in [5, 5.41) is 16.5. The van der Waals surface area contributed by atoms with Crippen LogP contribution in [0.1, 0.15) is 84.4 Å². The van der Waals surface area contributed by atoms with Gasteiger partial charge in [-0.15, -0.1) is 16.4 Å². The summed E-state index contributed by atoms with van der Waals surface area (Å²) in [6.07, 6.45) is 7.95. The number of tetrazole rings is 1. The van der Waals surface area contributed by atoms with Crippen molar-refractivity contribution in [2.75, 3.05) is 13.2 Å². The molecule has 200 valence electrons. The Morgan fingerprint density at radius 3 is 2.74 bits per heavy atom. The lowest BCUT2D eigenvalue weighted by Crippen LogP contribution is -2.39. The summed E-state index contributed by atoms with van der Waals surface area (Å²) in [5.41, 5.74) is 3.70. The Labute approximate surface area is 227 Å². The lowest BCUT2D eigenvalue weighted by atomic mass is 9.94. The van der Waals surface area contributed by atoms with Crippen molar-refractivity contribution in [1.82, 2.24) is 30.1 Å². The Kier molecular flexibility index (Phi) is 7.41. The van der Waals surface area contributed by atoms with Gasteiger partial charge < -0.3 is 9.72 Å². The molecule has 1 N–H and O–H groups in total. The van der Waals surface area contributed by atoms with Crippen LogP contribution < -0.4 is 5.56 Å². The fraction of sp³-hybridized carbons (Fsp3) is 0.517. The second kappa shape index (κ2) is 11.1. The second-order valence-electron chi connectivity index (χ2n) is 10.9. The van der Waals surface area contributed by atoms with Crippen LogP contribution in [0.15, 0.2) is 40.5 Å². The van der Waals surface area contributed by atoms with Crippen LogP contribution in [0, 0.1) is 13.8 Å². The van der Waals surface area contributed by atoms with Gasteiger partial charge in [0.25, 0.3) is 5.56 Å². The van der Waals surface area contributed by atoms with Crippen molar-refractivity contribution in [3.8, 4) is 0 Å². The summed E-state index contributed by atoms with van der Waals surface area (Å²) in [5.74, 6) is 0.751. The third-order valence-electron chi connectivity index (χ3n) is 8.22. The van der Waals surface area contributed by atoms with Crippen molar-refractivity contribution >= 4 is 22.2 Å². The molecule has 4 heterocycles. The van der Waals surface area contributed by atoms with E-state index < -0.39 is 6.04 Å². The minimum Gasteiger partial charge on any atom is -0.377 e. The smallest absolute Gasteiger partial charge is 0.253 e. The number of aromatic amines is 1. The Balaban J connectivity index is 1.52. The van der Waals surface area contributed by atoms with Gasteiger partial charge in [0.05, 0.1) is 17.7 Å². The molecule has 2 fully saturated rings. The number of nitrogens with zero attached hydrogens (tertiary/aromatic N) is 5. The lowest BCUT2D eigenvalue weighted by molar-refractivity contribution is 0.0571. The molecule has 1 saturated carbocycles. The third kappa shape index (κ3) is 5.07. The number of rotatable bonds is 8. The van der Waals surface area contributed by atoms with Crippen LogP contribution in [-0.4, -0.2) is 49.3 Å². The number of H-pyrrole nitrogens is 1. The number of fused-ring (bicyclic) bond motifs is 1. The number of benzene rings is 1. The predicted molar refractivity (Wildman–Crippen MR) is 150 cm³/mol. The Hall–Kier alpha value is -2.88. The number of thiophene rings is 1. The number of hydrogen-bond acceptors (Lipinski definition) is 7. The number of ether oxygens (including phenoxy) is 1. The van der Waals surface area contributed by atoms with Gasteiger partial charge in [0, 0.05) is 35.5 Å². The maximum atomic E-state index is 13.9. The quantitative estimate of drug-likeness (QED) is 0.324. The molecule has 3 aromatic heterocycles. The normalized spacial score (nSPS) is 19.5. The third-order valence-corrected chi connectivity index (χ3v) is 9.08. The molecule has 9 heteroatoms. The molecule has 0 amide bonds. The van der Waals surface area contributed by atoms with Crippen molar-refractivity contribution in [3.63, 3.8) is 0 Å². The highest BCUT2D eigenvalue weighted by molar-refractivity contribution is 7.09. The van der Waals surface area contributed by atoms with Gasteiger partial charge in [0.15, 0.2) is 5.82 Å². The van der Waals surface area contributed by atoms with E-state index in [0.29, 0.717) is 18.7 Å². The van der Waals surface area contributed by atoms with Crippen LogP contribution in [0.4, 0.5) is 0 Å². The van der Waals surface area contributed by atoms with Crippen LogP contribution in [0.3, 0.4) is 0 Å². The lowest BCUT2D eigenvalue weighted by Gasteiger charge is -2.33. The van der Waals surface area contributed by atoms with Crippen LogP contribution in [0.2, 0.25) is 0 Å². The monoisotopic (exact) mass is 532 g/mol. The molecule has 4 aromatic rings. The Bertz CT molecular complexity index is 1430. The molecule has 1 aromatic carbocycles. The molecular formula is C29H36N6O2S. The summed E-state index contributed by atoms with van der Waals surface area (Å²) in [4.78, 5) is 20.7. The van der Waals surface area contributed by atoms with Gasteiger partial charge in [0.1, 0.15) is 6.04 Å². The molecule has 38 heavy (non-hydrogen) atoms. The molecule has 0 spiro atoms. The van der Waals surface area contributed by atoms with Crippen molar-refractivity contribution < 1.29 is 4.74 Å². The highest BCUT2D eigenvalue weighted by Gasteiger charge is 2.35. The number of aromatic nitrogens is 5. The highest BCUT2D eigenvalue weighted by Crippen LogP contribution is 2.35.